The van der Waals surface area contributed by atoms with Crippen LogP contribution in [0.5, 0.6) is 0 Å². The predicted octanol–water partition coefficient (Wildman–Crippen LogP) is 7.44. The van der Waals surface area contributed by atoms with Gasteiger partial charge in [-0.25, -0.2) is 0 Å². The zero-order chi connectivity index (χ0) is 17.2. The molecule has 140 valence electrons. The minimum absolute atomic E-state index is 0.299. The fraction of sp³-hybridized carbons (Fsp3) is 1.00. The van der Waals surface area contributed by atoms with Gasteiger partial charge in [0, 0.05) is 19.6 Å². The van der Waals surface area contributed by atoms with Crippen LogP contribution in [0.3, 0.4) is 0 Å². The van der Waals surface area contributed by atoms with Gasteiger partial charge in [-0.15, -0.1) is 0 Å². The summed E-state index contributed by atoms with van der Waals surface area (Å²) in [4.78, 5) is 0. The van der Waals surface area contributed by atoms with Crippen LogP contribution in [0.25, 0.3) is 0 Å². The number of hydrogen-bond donors (Lipinski definition) is 0. The van der Waals surface area contributed by atoms with E-state index in [1.807, 2.05) is 0 Å². The number of ether oxygens (including phenoxy) is 1. The molecule has 0 aromatic rings. The highest BCUT2D eigenvalue weighted by molar-refractivity contribution is 4.53. The van der Waals surface area contributed by atoms with Crippen LogP contribution in [0.2, 0.25) is 0 Å². The van der Waals surface area contributed by atoms with Crippen molar-refractivity contribution in [1.82, 2.24) is 0 Å². The van der Waals surface area contributed by atoms with Crippen molar-refractivity contribution in [3.05, 3.63) is 0 Å². The van der Waals surface area contributed by atoms with E-state index in [0.717, 1.165) is 38.9 Å². The summed E-state index contributed by atoms with van der Waals surface area (Å²) in [6, 6.07) is 0. The number of halogens is 3. The summed E-state index contributed by atoms with van der Waals surface area (Å²) in [5.41, 5.74) is 0. The molecular weight excluding hydrogens is 301 g/mol. The third-order valence-corrected chi connectivity index (χ3v) is 4.10. The number of alkyl halides is 3. The Morgan fingerprint density at radius 1 is 0.565 bits per heavy atom. The Hall–Kier alpha value is -0.250. The van der Waals surface area contributed by atoms with Crippen molar-refractivity contribution in [2.75, 3.05) is 13.2 Å². The number of unbranched alkanes of at least 4 members (excludes halogenated alkanes) is 12. The minimum Gasteiger partial charge on any atom is -0.381 e. The molecule has 0 radical (unpaired) electrons. The third kappa shape index (κ3) is 21.8. The van der Waals surface area contributed by atoms with E-state index in [1.54, 1.807) is 0 Å². The maximum atomic E-state index is 11.9. The normalized spacial score (nSPS) is 12.0. The standard InChI is InChI=1S/C19H37F3O/c1-2-17-23-18-15-13-11-9-7-5-3-4-6-8-10-12-14-16-19(20,21)22/h2-18H2,1H3. The van der Waals surface area contributed by atoms with Crippen molar-refractivity contribution < 1.29 is 17.9 Å². The first kappa shape index (κ1) is 22.8. The second-order valence-corrected chi connectivity index (χ2v) is 6.57. The maximum Gasteiger partial charge on any atom is 0.389 e. The van der Waals surface area contributed by atoms with Crippen molar-refractivity contribution in [2.45, 2.75) is 109 Å². The van der Waals surface area contributed by atoms with Crippen molar-refractivity contribution >= 4 is 0 Å². The zero-order valence-corrected chi connectivity index (χ0v) is 15.1. The van der Waals surface area contributed by atoms with Gasteiger partial charge in [-0.3, -0.25) is 0 Å². The molecule has 23 heavy (non-hydrogen) atoms. The molecule has 0 saturated carbocycles. The van der Waals surface area contributed by atoms with Gasteiger partial charge in [-0.05, 0) is 19.3 Å². The third-order valence-electron chi connectivity index (χ3n) is 4.10. The summed E-state index contributed by atoms with van der Waals surface area (Å²) >= 11 is 0. The maximum absolute atomic E-state index is 11.9. The lowest BCUT2D eigenvalue weighted by Gasteiger charge is -2.06. The molecule has 0 amide bonds. The molecule has 0 unspecified atom stereocenters. The molecule has 0 saturated heterocycles. The van der Waals surface area contributed by atoms with Crippen molar-refractivity contribution in [3.63, 3.8) is 0 Å². The topological polar surface area (TPSA) is 9.23 Å². The Kier molecular flexibility index (Phi) is 16.4. The Labute approximate surface area is 141 Å². The van der Waals surface area contributed by atoms with E-state index in [4.69, 9.17) is 4.74 Å². The van der Waals surface area contributed by atoms with Crippen LogP contribution >= 0.6 is 0 Å². The lowest BCUT2D eigenvalue weighted by Crippen LogP contribution is -2.06. The van der Waals surface area contributed by atoms with Gasteiger partial charge in [0.1, 0.15) is 0 Å². The number of hydrogen-bond acceptors (Lipinski definition) is 1. The van der Waals surface area contributed by atoms with Crippen LogP contribution < -0.4 is 0 Å². The van der Waals surface area contributed by atoms with Gasteiger partial charge in [-0.2, -0.15) is 13.2 Å². The molecule has 0 aliphatic carbocycles. The van der Waals surface area contributed by atoms with E-state index in [0.29, 0.717) is 6.42 Å². The van der Waals surface area contributed by atoms with Crippen LogP contribution in [0.1, 0.15) is 103 Å². The summed E-state index contributed by atoms with van der Waals surface area (Å²) in [5, 5.41) is 0. The van der Waals surface area contributed by atoms with E-state index >= 15 is 0 Å². The smallest absolute Gasteiger partial charge is 0.381 e. The van der Waals surface area contributed by atoms with Gasteiger partial charge in [0.2, 0.25) is 0 Å². The molecular formula is C19H37F3O. The molecule has 0 rings (SSSR count). The zero-order valence-electron chi connectivity index (χ0n) is 15.1. The Morgan fingerprint density at radius 2 is 0.957 bits per heavy atom. The van der Waals surface area contributed by atoms with Crippen LogP contribution in [-0.2, 0) is 4.74 Å². The van der Waals surface area contributed by atoms with Gasteiger partial charge >= 0.3 is 6.18 Å². The highest BCUT2D eigenvalue weighted by atomic mass is 19.4. The van der Waals surface area contributed by atoms with Crippen LogP contribution in [-0.4, -0.2) is 19.4 Å². The number of rotatable bonds is 17. The summed E-state index contributed by atoms with van der Waals surface area (Å²) in [6.45, 7) is 3.94. The van der Waals surface area contributed by atoms with E-state index in [2.05, 4.69) is 6.92 Å². The van der Waals surface area contributed by atoms with Crippen molar-refractivity contribution in [3.8, 4) is 0 Å². The van der Waals surface area contributed by atoms with Crippen molar-refractivity contribution in [1.29, 1.82) is 0 Å². The summed E-state index contributed by atoms with van der Waals surface area (Å²) in [6.07, 6.45) is 11.0. The molecule has 4 heteroatoms. The molecule has 0 N–H and O–H groups in total. The highest BCUT2D eigenvalue weighted by Gasteiger charge is 2.25. The Bertz CT molecular complexity index is 229. The molecule has 0 aromatic heterocycles. The Balaban J connectivity index is 3.00. The molecule has 0 aliphatic rings. The highest BCUT2D eigenvalue weighted by Crippen LogP contribution is 2.23. The van der Waals surface area contributed by atoms with Crippen molar-refractivity contribution in [2.24, 2.45) is 0 Å². The molecule has 0 atom stereocenters. The fourth-order valence-corrected chi connectivity index (χ4v) is 2.72. The molecule has 0 heterocycles. The average molecular weight is 338 g/mol. The lowest BCUT2D eigenvalue weighted by molar-refractivity contribution is -0.135. The van der Waals surface area contributed by atoms with E-state index in [9.17, 15) is 13.2 Å². The molecule has 1 nitrogen and oxygen atoms in total. The molecule has 0 fully saturated rings. The second kappa shape index (κ2) is 16.6. The van der Waals surface area contributed by atoms with Crippen LogP contribution in [0.4, 0.5) is 13.2 Å². The second-order valence-electron chi connectivity index (χ2n) is 6.57. The van der Waals surface area contributed by atoms with E-state index in [1.165, 1.54) is 57.8 Å². The fourth-order valence-electron chi connectivity index (χ4n) is 2.72. The van der Waals surface area contributed by atoms with Gasteiger partial charge in [-0.1, -0.05) is 77.6 Å². The predicted molar refractivity (Wildman–Crippen MR) is 91.8 cm³/mol. The Morgan fingerprint density at radius 3 is 1.35 bits per heavy atom. The lowest BCUT2D eigenvalue weighted by atomic mass is 10.0. The van der Waals surface area contributed by atoms with Crippen LogP contribution in [0.15, 0.2) is 0 Å². The minimum atomic E-state index is -3.97. The first-order valence-corrected chi connectivity index (χ1v) is 9.70. The van der Waals surface area contributed by atoms with E-state index < -0.39 is 12.6 Å². The summed E-state index contributed by atoms with van der Waals surface area (Å²) in [7, 11) is 0. The van der Waals surface area contributed by atoms with Gasteiger partial charge in [0.05, 0.1) is 0 Å². The van der Waals surface area contributed by atoms with Gasteiger partial charge in [0.25, 0.3) is 0 Å². The van der Waals surface area contributed by atoms with Crippen LogP contribution in [0, 0.1) is 0 Å². The largest absolute Gasteiger partial charge is 0.389 e. The first-order valence-electron chi connectivity index (χ1n) is 9.70. The molecule has 0 spiro atoms. The van der Waals surface area contributed by atoms with E-state index in [-0.39, 0.29) is 0 Å². The molecule has 0 aromatic carbocycles. The SMILES string of the molecule is CCCOCCCCCCCCCCCCCCCC(F)(F)F. The van der Waals surface area contributed by atoms with Gasteiger partial charge in [0.15, 0.2) is 0 Å². The molecule has 0 aliphatic heterocycles. The quantitative estimate of drug-likeness (QED) is 0.250. The summed E-state index contributed by atoms with van der Waals surface area (Å²) < 4.78 is 41.3. The first-order chi connectivity index (χ1) is 11.1. The summed E-state index contributed by atoms with van der Waals surface area (Å²) in [5.74, 6) is 0. The monoisotopic (exact) mass is 338 g/mol. The molecule has 0 bridgehead atoms. The average Bonchev–Trinajstić information content (AvgIpc) is 2.49. The van der Waals surface area contributed by atoms with Gasteiger partial charge < -0.3 is 4.74 Å².